The number of amides is 1. The maximum Gasteiger partial charge on any atom is 0.228 e. The van der Waals surface area contributed by atoms with Crippen molar-refractivity contribution in [3.8, 4) is 0 Å². The van der Waals surface area contributed by atoms with Gasteiger partial charge in [-0.2, -0.15) is 0 Å². The van der Waals surface area contributed by atoms with Gasteiger partial charge in [0.25, 0.3) is 0 Å². The molecule has 0 aliphatic carbocycles. The summed E-state index contributed by atoms with van der Waals surface area (Å²) in [5, 5.41) is 2.91. The van der Waals surface area contributed by atoms with Crippen LogP contribution >= 0.6 is 11.3 Å². The van der Waals surface area contributed by atoms with E-state index in [0.717, 1.165) is 16.4 Å². The van der Waals surface area contributed by atoms with Crippen LogP contribution in [0.25, 0.3) is 0 Å². The standard InChI is InChI=1S/C13H16N4OS/c1-9(12-4-5-14-8-15-12)17(3)13(18)6-11-7-19-10(2)16-11/h4-5,7-9H,6H2,1-3H3/t9-/m0/s1. The summed E-state index contributed by atoms with van der Waals surface area (Å²) in [6, 6.07) is 1.75. The molecule has 1 amide bonds. The van der Waals surface area contributed by atoms with Crippen molar-refractivity contribution in [2.45, 2.75) is 26.3 Å². The van der Waals surface area contributed by atoms with Gasteiger partial charge in [-0.1, -0.05) is 0 Å². The molecule has 2 rings (SSSR count). The molecule has 0 bridgehead atoms. The van der Waals surface area contributed by atoms with E-state index in [-0.39, 0.29) is 11.9 Å². The highest BCUT2D eigenvalue weighted by Crippen LogP contribution is 2.17. The minimum absolute atomic E-state index is 0.0383. The van der Waals surface area contributed by atoms with Crippen LogP contribution in [0.5, 0.6) is 0 Å². The highest BCUT2D eigenvalue weighted by Gasteiger charge is 2.19. The predicted octanol–water partition coefficient (Wildman–Crippen LogP) is 2.00. The maximum absolute atomic E-state index is 12.2. The first-order valence-corrected chi connectivity index (χ1v) is 6.88. The van der Waals surface area contributed by atoms with Gasteiger partial charge in [0.05, 0.1) is 28.9 Å². The molecular weight excluding hydrogens is 260 g/mol. The minimum atomic E-state index is -0.0739. The third kappa shape index (κ3) is 3.35. The fourth-order valence-electron chi connectivity index (χ4n) is 1.73. The molecule has 0 fully saturated rings. The third-order valence-electron chi connectivity index (χ3n) is 3.01. The van der Waals surface area contributed by atoms with Crippen LogP contribution in [-0.4, -0.2) is 32.8 Å². The summed E-state index contributed by atoms with van der Waals surface area (Å²) in [6.07, 6.45) is 3.51. The number of hydrogen-bond acceptors (Lipinski definition) is 5. The Labute approximate surface area is 116 Å². The zero-order chi connectivity index (χ0) is 13.8. The Kier molecular flexibility index (Phi) is 4.21. The van der Waals surface area contributed by atoms with Crippen LogP contribution < -0.4 is 0 Å². The highest BCUT2D eigenvalue weighted by atomic mass is 32.1. The molecule has 19 heavy (non-hydrogen) atoms. The van der Waals surface area contributed by atoms with Crippen molar-refractivity contribution in [3.63, 3.8) is 0 Å². The zero-order valence-electron chi connectivity index (χ0n) is 11.2. The number of carbonyl (C=O) groups excluding carboxylic acids is 1. The van der Waals surface area contributed by atoms with Crippen molar-refractivity contribution in [2.24, 2.45) is 0 Å². The molecule has 0 aromatic carbocycles. The molecule has 0 saturated carbocycles. The first-order valence-electron chi connectivity index (χ1n) is 6.00. The normalized spacial score (nSPS) is 12.2. The monoisotopic (exact) mass is 276 g/mol. The predicted molar refractivity (Wildman–Crippen MR) is 73.8 cm³/mol. The Hall–Kier alpha value is -1.82. The largest absolute Gasteiger partial charge is 0.337 e. The van der Waals surface area contributed by atoms with E-state index < -0.39 is 0 Å². The number of nitrogens with zero attached hydrogens (tertiary/aromatic N) is 4. The average Bonchev–Trinajstić information content (AvgIpc) is 2.83. The second-order valence-electron chi connectivity index (χ2n) is 4.35. The van der Waals surface area contributed by atoms with Gasteiger partial charge in [0.2, 0.25) is 5.91 Å². The molecule has 0 N–H and O–H groups in total. The van der Waals surface area contributed by atoms with Crippen LogP contribution in [0.15, 0.2) is 24.0 Å². The molecule has 5 nitrogen and oxygen atoms in total. The summed E-state index contributed by atoms with van der Waals surface area (Å²) in [4.78, 5) is 26.2. The molecule has 0 spiro atoms. The molecule has 0 aliphatic rings. The van der Waals surface area contributed by atoms with Gasteiger partial charge < -0.3 is 4.90 Å². The van der Waals surface area contributed by atoms with E-state index in [0.29, 0.717) is 6.42 Å². The van der Waals surface area contributed by atoms with Gasteiger partial charge >= 0.3 is 0 Å². The number of thiazole rings is 1. The van der Waals surface area contributed by atoms with Gasteiger partial charge in [0, 0.05) is 18.6 Å². The zero-order valence-corrected chi connectivity index (χ0v) is 12.0. The lowest BCUT2D eigenvalue weighted by Gasteiger charge is -2.24. The second-order valence-corrected chi connectivity index (χ2v) is 5.41. The van der Waals surface area contributed by atoms with E-state index >= 15 is 0 Å². The Morgan fingerprint density at radius 3 is 2.89 bits per heavy atom. The van der Waals surface area contributed by atoms with Crippen LogP contribution in [-0.2, 0) is 11.2 Å². The number of aryl methyl sites for hydroxylation is 1. The van der Waals surface area contributed by atoms with Crippen molar-refractivity contribution in [1.82, 2.24) is 19.9 Å². The summed E-state index contributed by atoms with van der Waals surface area (Å²) in [5.41, 5.74) is 1.66. The lowest BCUT2D eigenvalue weighted by molar-refractivity contribution is -0.131. The molecule has 2 aromatic rings. The van der Waals surface area contributed by atoms with Crippen molar-refractivity contribution >= 4 is 17.2 Å². The van der Waals surface area contributed by atoms with Gasteiger partial charge in [0.15, 0.2) is 0 Å². The molecule has 1 atom stereocenters. The summed E-state index contributed by atoms with van der Waals surface area (Å²) >= 11 is 1.56. The molecule has 0 unspecified atom stereocenters. The van der Waals surface area contributed by atoms with Gasteiger partial charge in [-0.05, 0) is 19.9 Å². The summed E-state index contributed by atoms with van der Waals surface area (Å²) in [7, 11) is 1.79. The fourth-order valence-corrected chi connectivity index (χ4v) is 2.34. The summed E-state index contributed by atoms with van der Waals surface area (Å²) < 4.78 is 0. The highest BCUT2D eigenvalue weighted by molar-refractivity contribution is 7.09. The summed E-state index contributed by atoms with van der Waals surface area (Å²) in [5.74, 6) is 0.0383. The molecule has 0 saturated heterocycles. The Bertz CT molecular complexity index is 555. The molecular formula is C13H16N4OS. The Balaban J connectivity index is 2.03. The molecule has 0 radical (unpaired) electrons. The van der Waals surface area contributed by atoms with E-state index in [1.165, 1.54) is 6.33 Å². The lowest BCUT2D eigenvalue weighted by atomic mass is 10.2. The van der Waals surface area contributed by atoms with Crippen LogP contribution in [0, 0.1) is 6.92 Å². The first kappa shape index (κ1) is 13.6. The lowest BCUT2D eigenvalue weighted by Crippen LogP contribution is -2.31. The van der Waals surface area contributed by atoms with E-state index in [9.17, 15) is 4.79 Å². The molecule has 6 heteroatoms. The number of likely N-dealkylation sites (N-methyl/N-ethyl adjacent to an activating group) is 1. The molecule has 2 heterocycles. The van der Waals surface area contributed by atoms with Crippen molar-refractivity contribution in [2.75, 3.05) is 7.05 Å². The van der Waals surface area contributed by atoms with Crippen LogP contribution in [0.4, 0.5) is 0 Å². The smallest absolute Gasteiger partial charge is 0.228 e. The number of rotatable bonds is 4. The minimum Gasteiger partial charge on any atom is -0.337 e. The van der Waals surface area contributed by atoms with Gasteiger partial charge in [-0.15, -0.1) is 11.3 Å². The Morgan fingerprint density at radius 1 is 1.53 bits per heavy atom. The SMILES string of the molecule is Cc1nc(CC(=O)N(C)[C@@H](C)c2ccncn2)cs1. The average molecular weight is 276 g/mol. The van der Waals surface area contributed by atoms with Gasteiger partial charge in [-0.3, -0.25) is 4.79 Å². The first-order chi connectivity index (χ1) is 9.08. The number of aromatic nitrogens is 3. The number of carbonyl (C=O) groups is 1. The quantitative estimate of drug-likeness (QED) is 0.857. The second kappa shape index (κ2) is 5.88. The fraction of sp³-hybridized carbons (Fsp3) is 0.385. The maximum atomic E-state index is 12.2. The van der Waals surface area contributed by atoms with Crippen molar-refractivity contribution < 1.29 is 4.79 Å². The van der Waals surface area contributed by atoms with E-state index in [4.69, 9.17) is 0 Å². The van der Waals surface area contributed by atoms with Gasteiger partial charge in [0.1, 0.15) is 6.33 Å². The van der Waals surface area contributed by atoms with Crippen molar-refractivity contribution in [3.05, 3.63) is 40.4 Å². The number of hydrogen-bond donors (Lipinski definition) is 0. The van der Waals surface area contributed by atoms with E-state index in [1.807, 2.05) is 25.3 Å². The summed E-state index contributed by atoms with van der Waals surface area (Å²) in [6.45, 7) is 3.89. The Morgan fingerprint density at radius 2 is 2.32 bits per heavy atom. The van der Waals surface area contributed by atoms with E-state index in [2.05, 4.69) is 15.0 Å². The molecule has 2 aromatic heterocycles. The van der Waals surface area contributed by atoms with Gasteiger partial charge in [-0.25, -0.2) is 15.0 Å². The van der Waals surface area contributed by atoms with Crippen molar-refractivity contribution in [1.29, 1.82) is 0 Å². The third-order valence-corrected chi connectivity index (χ3v) is 3.83. The van der Waals surface area contributed by atoms with Crippen LogP contribution in [0.2, 0.25) is 0 Å². The molecule has 100 valence electrons. The molecule has 0 aliphatic heterocycles. The topological polar surface area (TPSA) is 59.0 Å². The van der Waals surface area contributed by atoms with E-state index in [1.54, 1.807) is 29.5 Å². The van der Waals surface area contributed by atoms with Crippen LogP contribution in [0.1, 0.15) is 29.4 Å². The van der Waals surface area contributed by atoms with Crippen LogP contribution in [0.3, 0.4) is 0 Å².